The zero-order chi connectivity index (χ0) is 12.3. The van der Waals surface area contributed by atoms with Gasteiger partial charge in [-0.1, -0.05) is 45.2 Å². The summed E-state index contributed by atoms with van der Waals surface area (Å²) >= 11 is 0. The fourth-order valence-corrected chi connectivity index (χ4v) is 1.75. The van der Waals surface area contributed by atoms with E-state index in [1.165, 1.54) is 12.1 Å². The number of nitro groups is 1. The highest BCUT2D eigenvalue weighted by Gasteiger charge is 2.17. The van der Waals surface area contributed by atoms with Crippen molar-refractivity contribution < 1.29 is 4.92 Å². The molecule has 3 heteroatoms. The standard InChI is InChI=1S/C13H15NO2/c1-5-10-11(6-2)13(14(15)16)8-7-12(10)9(3)4/h5-9H,1-2H2,3-4H3. The zero-order valence-corrected chi connectivity index (χ0v) is 9.56. The molecule has 0 aliphatic carbocycles. The van der Waals surface area contributed by atoms with Gasteiger partial charge in [0.1, 0.15) is 0 Å². The van der Waals surface area contributed by atoms with Crippen LogP contribution in [0, 0.1) is 10.1 Å². The Morgan fingerprint density at radius 3 is 2.19 bits per heavy atom. The van der Waals surface area contributed by atoms with Crippen LogP contribution in [0.5, 0.6) is 0 Å². The van der Waals surface area contributed by atoms with Crippen LogP contribution in [-0.4, -0.2) is 4.92 Å². The van der Waals surface area contributed by atoms with Crippen molar-refractivity contribution in [1.29, 1.82) is 0 Å². The van der Waals surface area contributed by atoms with Crippen molar-refractivity contribution in [3.63, 3.8) is 0 Å². The summed E-state index contributed by atoms with van der Waals surface area (Å²) in [5.41, 5.74) is 2.48. The van der Waals surface area contributed by atoms with Gasteiger partial charge in [-0.2, -0.15) is 0 Å². The first-order chi connectivity index (χ1) is 7.52. The molecule has 0 aliphatic rings. The molecule has 0 aliphatic heterocycles. The Bertz CT molecular complexity index is 447. The van der Waals surface area contributed by atoms with Gasteiger partial charge in [-0.05, 0) is 17.0 Å². The Morgan fingerprint density at radius 1 is 1.25 bits per heavy atom. The topological polar surface area (TPSA) is 43.1 Å². The number of nitro benzene ring substituents is 1. The van der Waals surface area contributed by atoms with Crippen molar-refractivity contribution in [2.24, 2.45) is 0 Å². The third-order valence-electron chi connectivity index (χ3n) is 2.52. The number of rotatable bonds is 4. The van der Waals surface area contributed by atoms with Crippen LogP contribution in [0.4, 0.5) is 5.69 Å². The highest BCUT2D eigenvalue weighted by Crippen LogP contribution is 2.31. The first kappa shape index (κ1) is 12.2. The molecule has 1 aromatic carbocycles. The van der Waals surface area contributed by atoms with E-state index in [-0.39, 0.29) is 5.69 Å². The molecule has 0 aromatic heterocycles. The molecule has 84 valence electrons. The molecular weight excluding hydrogens is 202 g/mol. The van der Waals surface area contributed by atoms with Crippen molar-refractivity contribution in [2.75, 3.05) is 0 Å². The lowest BCUT2D eigenvalue weighted by molar-refractivity contribution is -0.385. The van der Waals surface area contributed by atoms with Crippen molar-refractivity contribution in [3.05, 3.63) is 52.1 Å². The lowest BCUT2D eigenvalue weighted by atomic mass is 9.92. The van der Waals surface area contributed by atoms with Gasteiger partial charge in [0, 0.05) is 6.07 Å². The second-order valence-corrected chi connectivity index (χ2v) is 3.82. The van der Waals surface area contributed by atoms with Crippen molar-refractivity contribution >= 4 is 17.8 Å². The van der Waals surface area contributed by atoms with Crippen LogP contribution in [-0.2, 0) is 0 Å². The molecule has 0 N–H and O–H groups in total. The van der Waals surface area contributed by atoms with Gasteiger partial charge >= 0.3 is 0 Å². The maximum atomic E-state index is 10.9. The van der Waals surface area contributed by atoms with Crippen molar-refractivity contribution in [3.8, 4) is 0 Å². The van der Waals surface area contributed by atoms with Crippen LogP contribution >= 0.6 is 0 Å². The average Bonchev–Trinajstić information content (AvgIpc) is 2.26. The molecule has 0 amide bonds. The van der Waals surface area contributed by atoms with Gasteiger partial charge in [0.05, 0.1) is 10.5 Å². The fraction of sp³-hybridized carbons (Fsp3) is 0.231. The smallest absolute Gasteiger partial charge is 0.258 e. The third-order valence-corrected chi connectivity index (χ3v) is 2.52. The summed E-state index contributed by atoms with van der Waals surface area (Å²) in [5.74, 6) is 0.299. The van der Waals surface area contributed by atoms with Crippen LogP contribution in [0.3, 0.4) is 0 Å². The van der Waals surface area contributed by atoms with Gasteiger partial charge in [-0.15, -0.1) is 0 Å². The Kier molecular flexibility index (Phi) is 3.61. The minimum atomic E-state index is -0.395. The minimum Gasteiger partial charge on any atom is -0.258 e. The van der Waals surface area contributed by atoms with E-state index in [0.29, 0.717) is 11.5 Å². The van der Waals surface area contributed by atoms with Crippen molar-refractivity contribution in [2.45, 2.75) is 19.8 Å². The average molecular weight is 217 g/mol. The lowest BCUT2D eigenvalue weighted by Gasteiger charge is -2.12. The molecule has 0 unspecified atom stereocenters. The Hall–Kier alpha value is -1.90. The number of nitrogens with zero attached hydrogens (tertiary/aromatic N) is 1. The third kappa shape index (κ3) is 2.03. The molecule has 0 heterocycles. The molecule has 0 bridgehead atoms. The number of benzene rings is 1. The molecule has 0 fully saturated rings. The number of hydrogen-bond acceptors (Lipinski definition) is 2. The maximum Gasteiger partial charge on any atom is 0.277 e. The van der Waals surface area contributed by atoms with Crippen LogP contribution in [0.2, 0.25) is 0 Å². The van der Waals surface area contributed by atoms with Crippen molar-refractivity contribution in [1.82, 2.24) is 0 Å². The quantitative estimate of drug-likeness (QED) is 0.565. The molecule has 1 rings (SSSR count). The monoisotopic (exact) mass is 217 g/mol. The fourth-order valence-electron chi connectivity index (χ4n) is 1.75. The Morgan fingerprint density at radius 2 is 1.81 bits per heavy atom. The molecule has 0 radical (unpaired) electrons. The van der Waals surface area contributed by atoms with Crippen LogP contribution < -0.4 is 0 Å². The van der Waals surface area contributed by atoms with Crippen LogP contribution in [0.15, 0.2) is 25.3 Å². The highest BCUT2D eigenvalue weighted by atomic mass is 16.6. The Balaban J connectivity index is 3.58. The van der Waals surface area contributed by atoms with Gasteiger partial charge in [0.15, 0.2) is 0 Å². The summed E-state index contributed by atoms with van der Waals surface area (Å²) in [6.45, 7) is 11.4. The zero-order valence-electron chi connectivity index (χ0n) is 9.56. The normalized spacial score (nSPS) is 10.2. The molecule has 0 saturated heterocycles. The molecule has 3 nitrogen and oxygen atoms in total. The number of hydrogen-bond donors (Lipinski definition) is 0. The maximum absolute atomic E-state index is 10.9. The van der Waals surface area contributed by atoms with E-state index in [0.717, 1.165) is 11.1 Å². The largest absolute Gasteiger partial charge is 0.277 e. The molecule has 0 saturated carbocycles. The van der Waals surface area contributed by atoms with Gasteiger partial charge in [0.25, 0.3) is 5.69 Å². The minimum absolute atomic E-state index is 0.0781. The summed E-state index contributed by atoms with van der Waals surface area (Å²) in [7, 11) is 0. The van der Waals surface area contributed by atoms with Gasteiger partial charge in [-0.25, -0.2) is 0 Å². The molecule has 0 spiro atoms. The van der Waals surface area contributed by atoms with E-state index < -0.39 is 4.92 Å². The molecule has 16 heavy (non-hydrogen) atoms. The first-order valence-corrected chi connectivity index (χ1v) is 5.09. The van der Waals surface area contributed by atoms with Gasteiger partial charge in [0.2, 0.25) is 0 Å². The van der Waals surface area contributed by atoms with Crippen LogP contribution in [0.25, 0.3) is 12.2 Å². The predicted octanol–water partition coefficient (Wildman–Crippen LogP) is 4.00. The van der Waals surface area contributed by atoms with E-state index in [4.69, 9.17) is 0 Å². The van der Waals surface area contributed by atoms with E-state index in [1.807, 2.05) is 13.8 Å². The summed E-state index contributed by atoms with van der Waals surface area (Å²) in [4.78, 5) is 10.5. The second kappa shape index (κ2) is 4.75. The SMILES string of the molecule is C=Cc1c(C(C)C)ccc([N+](=O)[O-])c1C=C. The highest BCUT2D eigenvalue weighted by molar-refractivity contribution is 5.73. The lowest BCUT2D eigenvalue weighted by Crippen LogP contribution is -1.99. The van der Waals surface area contributed by atoms with E-state index in [2.05, 4.69) is 13.2 Å². The summed E-state index contributed by atoms with van der Waals surface area (Å²) in [5, 5.41) is 10.9. The molecular formula is C13H15NO2. The van der Waals surface area contributed by atoms with Crippen LogP contribution in [0.1, 0.15) is 36.5 Å². The van der Waals surface area contributed by atoms with E-state index >= 15 is 0 Å². The molecule has 0 atom stereocenters. The van der Waals surface area contributed by atoms with E-state index in [1.54, 1.807) is 12.1 Å². The predicted molar refractivity (Wildman–Crippen MR) is 67.4 cm³/mol. The first-order valence-electron chi connectivity index (χ1n) is 5.09. The van der Waals surface area contributed by atoms with Gasteiger partial charge in [-0.3, -0.25) is 10.1 Å². The van der Waals surface area contributed by atoms with E-state index in [9.17, 15) is 10.1 Å². The Labute approximate surface area is 95.3 Å². The molecule has 1 aromatic rings. The summed E-state index contributed by atoms with van der Waals surface area (Å²) in [6.07, 6.45) is 3.17. The summed E-state index contributed by atoms with van der Waals surface area (Å²) < 4.78 is 0. The van der Waals surface area contributed by atoms with Gasteiger partial charge < -0.3 is 0 Å². The second-order valence-electron chi connectivity index (χ2n) is 3.82. The summed E-state index contributed by atoms with van der Waals surface area (Å²) in [6, 6.07) is 3.31.